The quantitative estimate of drug-likeness (QED) is 0.501. The first kappa shape index (κ1) is 18.5. The number of hydrogen-bond acceptors (Lipinski definition) is 6. The molecule has 146 valence electrons. The van der Waals surface area contributed by atoms with E-state index in [2.05, 4.69) is 10.3 Å². The molecule has 0 saturated heterocycles. The summed E-state index contributed by atoms with van der Waals surface area (Å²) >= 11 is 0. The fourth-order valence-electron chi connectivity index (χ4n) is 2.90. The van der Waals surface area contributed by atoms with Gasteiger partial charge in [0, 0.05) is 5.39 Å². The fraction of sp³-hybridized carbons (Fsp3) is 0.136. The van der Waals surface area contributed by atoms with Gasteiger partial charge in [-0.15, -0.1) is 0 Å². The lowest BCUT2D eigenvalue weighted by Gasteiger charge is -2.14. The van der Waals surface area contributed by atoms with Crippen molar-refractivity contribution in [1.82, 2.24) is 10.3 Å². The molecular weight excluding hydrogens is 372 g/mol. The van der Waals surface area contributed by atoms with E-state index in [0.717, 1.165) is 0 Å². The summed E-state index contributed by atoms with van der Waals surface area (Å²) < 4.78 is 16.0. The second kappa shape index (κ2) is 8.02. The zero-order valence-electron chi connectivity index (χ0n) is 15.6. The van der Waals surface area contributed by atoms with Gasteiger partial charge in [-0.1, -0.05) is 18.2 Å². The predicted octanol–water partition coefficient (Wildman–Crippen LogP) is 3.95. The number of para-hydroxylation sites is 1. The van der Waals surface area contributed by atoms with Crippen LogP contribution in [-0.4, -0.2) is 23.0 Å². The number of fused-ring (bicyclic) bond motifs is 1. The number of pyridine rings is 1. The summed E-state index contributed by atoms with van der Waals surface area (Å²) in [5.74, 6) is 0.116. The van der Waals surface area contributed by atoms with Gasteiger partial charge in [-0.05, 0) is 43.3 Å². The molecule has 1 aromatic carbocycles. The molecule has 4 aromatic rings. The number of benzene rings is 1. The molecule has 7 nitrogen and oxygen atoms in total. The molecule has 0 bridgehead atoms. The lowest BCUT2D eigenvalue weighted by atomic mass is 10.1. The molecule has 1 atom stereocenters. The third kappa shape index (κ3) is 4.03. The molecule has 0 radical (unpaired) electrons. The van der Waals surface area contributed by atoms with E-state index in [9.17, 15) is 9.59 Å². The summed E-state index contributed by atoms with van der Waals surface area (Å²) in [7, 11) is 0. The first-order valence-electron chi connectivity index (χ1n) is 9.06. The lowest BCUT2D eigenvalue weighted by molar-refractivity contribution is -0.129. The number of amides is 1. The Morgan fingerprint density at radius 2 is 1.86 bits per heavy atom. The number of carbonyl (C=O) groups is 2. The molecule has 0 saturated carbocycles. The Balaban J connectivity index is 1.55. The van der Waals surface area contributed by atoms with E-state index in [1.165, 1.54) is 19.5 Å². The Kier molecular flexibility index (Phi) is 5.11. The molecule has 1 amide bonds. The standard InChI is InChI=1S/C22H18N2O5/c1-14(21(25)23-13-15-6-4-10-27-15)29-22(26)17-12-19(20-9-5-11-28-20)24-18-8-3-2-7-16(17)18/h2-12,14H,13H2,1H3,(H,23,25)/t14-/m1/s1. The Morgan fingerprint density at radius 3 is 2.62 bits per heavy atom. The van der Waals surface area contributed by atoms with Crippen LogP contribution in [-0.2, 0) is 16.1 Å². The first-order valence-corrected chi connectivity index (χ1v) is 9.06. The van der Waals surface area contributed by atoms with Gasteiger partial charge < -0.3 is 18.9 Å². The number of furan rings is 2. The predicted molar refractivity (Wildman–Crippen MR) is 105 cm³/mol. The van der Waals surface area contributed by atoms with E-state index < -0.39 is 18.0 Å². The third-order valence-corrected chi connectivity index (χ3v) is 4.38. The molecule has 4 rings (SSSR count). The van der Waals surface area contributed by atoms with Gasteiger partial charge in [0.05, 0.1) is 30.2 Å². The molecule has 0 fully saturated rings. The van der Waals surface area contributed by atoms with E-state index in [-0.39, 0.29) is 6.54 Å². The largest absolute Gasteiger partial charge is 0.467 e. The van der Waals surface area contributed by atoms with Crippen LogP contribution < -0.4 is 5.32 Å². The maximum absolute atomic E-state index is 12.8. The molecule has 0 spiro atoms. The van der Waals surface area contributed by atoms with Gasteiger partial charge in [-0.2, -0.15) is 0 Å². The molecule has 0 aliphatic heterocycles. The van der Waals surface area contributed by atoms with Crippen LogP contribution in [0, 0.1) is 0 Å². The van der Waals surface area contributed by atoms with E-state index in [0.29, 0.717) is 33.7 Å². The van der Waals surface area contributed by atoms with Crippen molar-refractivity contribution >= 4 is 22.8 Å². The minimum Gasteiger partial charge on any atom is -0.467 e. The minimum atomic E-state index is -0.976. The zero-order chi connectivity index (χ0) is 20.2. The Morgan fingerprint density at radius 1 is 1.07 bits per heavy atom. The van der Waals surface area contributed by atoms with Gasteiger partial charge in [0.2, 0.25) is 0 Å². The SMILES string of the molecule is C[C@@H](OC(=O)c1cc(-c2ccco2)nc2ccccc12)C(=O)NCc1ccco1. The smallest absolute Gasteiger partial charge is 0.339 e. The topological polar surface area (TPSA) is 94.6 Å². The van der Waals surface area contributed by atoms with Crippen LogP contribution in [0.1, 0.15) is 23.0 Å². The molecule has 0 unspecified atom stereocenters. The number of carbonyl (C=O) groups excluding carboxylic acids is 2. The van der Waals surface area contributed by atoms with Crippen molar-refractivity contribution in [3.05, 3.63) is 78.4 Å². The van der Waals surface area contributed by atoms with Gasteiger partial charge in [0.1, 0.15) is 11.5 Å². The highest BCUT2D eigenvalue weighted by molar-refractivity contribution is 6.05. The average Bonchev–Trinajstić information content (AvgIpc) is 3.45. The molecule has 3 aromatic heterocycles. The van der Waals surface area contributed by atoms with Gasteiger partial charge >= 0.3 is 5.97 Å². The summed E-state index contributed by atoms with van der Waals surface area (Å²) in [6.45, 7) is 1.74. The van der Waals surface area contributed by atoms with Gasteiger partial charge in [0.25, 0.3) is 5.91 Å². The van der Waals surface area contributed by atoms with Crippen LogP contribution in [0.25, 0.3) is 22.4 Å². The fourth-order valence-corrected chi connectivity index (χ4v) is 2.90. The Labute approximate surface area is 166 Å². The van der Waals surface area contributed by atoms with Crippen molar-refractivity contribution in [2.24, 2.45) is 0 Å². The second-order valence-corrected chi connectivity index (χ2v) is 6.39. The van der Waals surface area contributed by atoms with Crippen molar-refractivity contribution in [2.45, 2.75) is 19.6 Å². The normalized spacial score (nSPS) is 11.9. The first-order chi connectivity index (χ1) is 14.1. The third-order valence-electron chi connectivity index (χ3n) is 4.38. The van der Waals surface area contributed by atoms with Crippen molar-refractivity contribution in [2.75, 3.05) is 0 Å². The van der Waals surface area contributed by atoms with Crippen LogP contribution in [0.3, 0.4) is 0 Å². The summed E-state index contributed by atoms with van der Waals surface area (Å²) in [6.07, 6.45) is 2.09. The highest BCUT2D eigenvalue weighted by Crippen LogP contribution is 2.26. The number of aromatic nitrogens is 1. The monoisotopic (exact) mass is 390 g/mol. The number of rotatable bonds is 6. The van der Waals surface area contributed by atoms with E-state index in [1.54, 1.807) is 42.5 Å². The molecule has 7 heteroatoms. The number of ether oxygens (including phenoxy) is 1. The summed E-state index contributed by atoms with van der Waals surface area (Å²) in [6, 6.07) is 15.8. The van der Waals surface area contributed by atoms with Crippen molar-refractivity contribution in [1.29, 1.82) is 0 Å². The zero-order valence-corrected chi connectivity index (χ0v) is 15.6. The Hall–Kier alpha value is -3.87. The van der Waals surface area contributed by atoms with E-state index in [1.807, 2.05) is 12.1 Å². The molecule has 29 heavy (non-hydrogen) atoms. The minimum absolute atomic E-state index is 0.217. The molecular formula is C22H18N2O5. The second-order valence-electron chi connectivity index (χ2n) is 6.39. The van der Waals surface area contributed by atoms with Gasteiger partial charge in [-0.3, -0.25) is 4.79 Å². The van der Waals surface area contributed by atoms with Gasteiger partial charge in [-0.25, -0.2) is 9.78 Å². The maximum Gasteiger partial charge on any atom is 0.339 e. The van der Waals surface area contributed by atoms with Crippen molar-refractivity contribution < 1.29 is 23.2 Å². The average molecular weight is 390 g/mol. The van der Waals surface area contributed by atoms with Crippen molar-refractivity contribution in [3.63, 3.8) is 0 Å². The van der Waals surface area contributed by atoms with Crippen LogP contribution >= 0.6 is 0 Å². The van der Waals surface area contributed by atoms with Gasteiger partial charge in [0.15, 0.2) is 11.9 Å². The van der Waals surface area contributed by atoms with Crippen LogP contribution in [0.15, 0.2) is 76.0 Å². The van der Waals surface area contributed by atoms with E-state index in [4.69, 9.17) is 13.6 Å². The summed E-state index contributed by atoms with van der Waals surface area (Å²) in [5, 5.41) is 3.31. The lowest BCUT2D eigenvalue weighted by Crippen LogP contribution is -2.35. The molecule has 0 aliphatic rings. The molecule has 3 heterocycles. The van der Waals surface area contributed by atoms with E-state index >= 15 is 0 Å². The van der Waals surface area contributed by atoms with Crippen molar-refractivity contribution in [3.8, 4) is 11.5 Å². The highest BCUT2D eigenvalue weighted by Gasteiger charge is 2.22. The number of nitrogens with one attached hydrogen (secondary N) is 1. The highest BCUT2D eigenvalue weighted by atomic mass is 16.5. The summed E-state index contributed by atoms with van der Waals surface area (Å²) in [5.41, 5.74) is 1.45. The molecule has 0 aliphatic carbocycles. The number of hydrogen-bond donors (Lipinski definition) is 1. The van der Waals surface area contributed by atoms with Crippen LogP contribution in [0.4, 0.5) is 0 Å². The molecule has 1 N–H and O–H groups in total. The van der Waals surface area contributed by atoms with Crippen LogP contribution in [0.5, 0.6) is 0 Å². The number of nitrogens with zero attached hydrogens (tertiary/aromatic N) is 1. The van der Waals surface area contributed by atoms with Crippen LogP contribution in [0.2, 0.25) is 0 Å². The Bertz CT molecular complexity index is 1130. The summed E-state index contributed by atoms with van der Waals surface area (Å²) in [4.78, 5) is 29.7. The maximum atomic E-state index is 12.8. The number of esters is 1.